The highest BCUT2D eigenvalue weighted by molar-refractivity contribution is 5.82. The second-order valence-corrected chi connectivity index (χ2v) is 5.25. The van der Waals surface area contributed by atoms with Crippen LogP contribution in [-0.4, -0.2) is 16.9 Å². The fourth-order valence-corrected chi connectivity index (χ4v) is 2.72. The van der Waals surface area contributed by atoms with Gasteiger partial charge in [-0.25, -0.2) is 0 Å². The number of para-hydroxylation sites is 1. The van der Waals surface area contributed by atoms with Crippen molar-refractivity contribution in [3.05, 3.63) is 59.3 Å². The lowest BCUT2D eigenvalue weighted by Crippen LogP contribution is -2.14. The van der Waals surface area contributed by atoms with Crippen LogP contribution < -0.4 is 10.5 Å². The van der Waals surface area contributed by atoms with E-state index in [1.165, 1.54) is 0 Å². The first kappa shape index (κ1) is 13.6. The van der Waals surface area contributed by atoms with Gasteiger partial charge in [-0.1, -0.05) is 35.9 Å². The van der Waals surface area contributed by atoms with Crippen molar-refractivity contribution in [2.75, 3.05) is 7.11 Å². The molecule has 4 heteroatoms. The molecule has 4 nitrogen and oxygen atoms in total. The Kier molecular flexibility index (Phi) is 3.39. The van der Waals surface area contributed by atoms with Gasteiger partial charge < -0.3 is 10.5 Å². The third kappa shape index (κ3) is 2.28. The molecule has 21 heavy (non-hydrogen) atoms. The summed E-state index contributed by atoms with van der Waals surface area (Å²) in [7, 11) is 3.60. The van der Waals surface area contributed by atoms with Crippen LogP contribution in [0.1, 0.15) is 22.9 Å². The molecule has 3 rings (SSSR count). The molecule has 0 bridgehead atoms. The zero-order chi connectivity index (χ0) is 15.0. The van der Waals surface area contributed by atoms with Crippen molar-refractivity contribution in [3.63, 3.8) is 0 Å². The van der Waals surface area contributed by atoms with Crippen LogP contribution in [0.15, 0.2) is 42.5 Å². The van der Waals surface area contributed by atoms with Crippen LogP contribution in [0.3, 0.4) is 0 Å². The number of hydrogen-bond donors (Lipinski definition) is 1. The lowest BCUT2D eigenvalue weighted by molar-refractivity contribution is 0.407. The van der Waals surface area contributed by atoms with Gasteiger partial charge >= 0.3 is 0 Å². The number of nitrogens with zero attached hydrogens (tertiary/aromatic N) is 2. The fourth-order valence-electron chi connectivity index (χ4n) is 2.72. The first-order valence-electron chi connectivity index (χ1n) is 6.93. The molecule has 2 aromatic carbocycles. The van der Waals surface area contributed by atoms with Gasteiger partial charge in [-0.2, -0.15) is 5.10 Å². The van der Waals surface area contributed by atoms with E-state index in [1.807, 2.05) is 49.0 Å². The minimum atomic E-state index is -0.314. The molecule has 0 saturated carbocycles. The summed E-state index contributed by atoms with van der Waals surface area (Å²) in [5.41, 5.74) is 10.5. The molecule has 0 fully saturated rings. The summed E-state index contributed by atoms with van der Waals surface area (Å²) >= 11 is 0. The van der Waals surface area contributed by atoms with Crippen LogP contribution >= 0.6 is 0 Å². The van der Waals surface area contributed by atoms with Crippen LogP contribution in [0.25, 0.3) is 10.9 Å². The van der Waals surface area contributed by atoms with Crippen molar-refractivity contribution in [2.24, 2.45) is 12.8 Å². The summed E-state index contributed by atoms with van der Waals surface area (Å²) in [5.74, 6) is 0.794. The summed E-state index contributed by atoms with van der Waals surface area (Å²) in [5, 5.41) is 5.69. The number of rotatable bonds is 3. The maximum atomic E-state index is 6.49. The van der Waals surface area contributed by atoms with E-state index in [0.717, 1.165) is 33.5 Å². The highest BCUT2D eigenvalue weighted by Crippen LogP contribution is 2.32. The second kappa shape index (κ2) is 5.22. The van der Waals surface area contributed by atoms with Crippen molar-refractivity contribution in [2.45, 2.75) is 13.0 Å². The molecule has 1 heterocycles. The van der Waals surface area contributed by atoms with Crippen LogP contribution in [0.2, 0.25) is 0 Å². The summed E-state index contributed by atoms with van der Waals surface area (Å²) in [4.78, 5) is 0. The topological polar surface area (TPSA) is 53.1 Å². The summed E-state index contributed by atoms with van der Waals surface area (Å²) in [6.45, 7) is 2.05. The molecular formula is C17H19N3O. The molecule has 0 spiro atoms. The number of benzene rings is 2. The quantitative estimate of drug-likeness (QED) is 0.803. The number of hydrogen-bond acceptors (Lipinski definition) is 3. The third-order valence-corrected chi connectivity index (χ3v) is 3.80. The van der Waals surface area contributed by atoms with Crippen molar-refractivity contribution in [1.82, 2.24) is 9.78 Å². The van der Waals surface area contributed by atoms with E-state index < -0.39 is 0 Å². The van der Waals surface area contributed by atoms with Crippen LogP contribution in [0, 0.1) is 6.92 Å². The van der Waals surface area contributed by atoms with E-state index in [4.69, 9.17) is 10.5 Å². The smallest absolute Gasteiger partial charge is 0.124 e. The standard InChI is InChI=1S/C17H19N3O/c1-11-8-9-15(21-3)13(10-11)16(18)17-12-6-4-5-7-14(12)20(2)19-17/h4-10,16H,18H2,1-3H3. The van der Waals surface area contributed by atoms with Gasteiger partial charge in [0.15, 0.2) is 0 Å². The highest BCUT2D eigenvalue weighted by atomic mass is 16.5. The first-order valence-corrected chi connectivity index (χ1v) is 6.93. The number of aromatic nitrogens is 2. The molecule has 108 valence electrons. The summed E-state index contributed by atoms with van der Waals surface area (Å²) in [6.07, 6.45) is 0. The Balaban J connectivity index is 2.17. The molecule has 0 amide bonds. The van der Waals surface area contributed by atoms with Gasteiger partial charge in [-0.3, -0.25) is 4.68 Å². The van der Waals surface area contributed by atoms with Crippen molar-refractivity contribution in [3.8, 4) is 5.75 Å². The minimum Gasteiger partial charge on any atom is -0.496 e. The van der Waals surface area contributed by atoms with Crippen molar-refractivity contribution < 1.29 is 4.74 Å². The number of aryl methyl sites for hydroxylation is 2. The summed E-state index contributed by atoms with van der Waals surface area (Å²) < 4.78 is 7.32. The molecule has 0 radical (unpaired) electrons. The maximum Gasteiger partial charge on any atom is 0.124 e. The number of fused-ring (bicyclic) bond motifs is 1. The average molecular weight is 281 g/mol. The maximum absolute atomic E-state index is 6.49. The zero-order valence-electron chi connectivity index (χ0n) is 12.5. The SMILES string of the molecule is COc1ccc(C)cc1C(N)c1nn(C)c2ccccc12. The van der Waals surface area contributed by atoms with E-state index in [1.54, 1.807) is 7.11 Å². The minimum absolute atomic E-state index is 0.314. The predicted octanol–water partition coefficient (Wildman–Crippen LogP) is 2.94. The van der Waals surface area contributed by atoms with Gasteiger partial charge in [0, 0.05) is 18.0 Å². The molecule has 3 aromatic rings. The molecule has 1 aromatic heterocycles. The Labute approximate surface area is 124 Å². The molecule has 0 aliphatic heterocycles. The van der Waals surface area contributed by atoms with Gasteiger partial charge in [0.2, 0.25) is 0 Å². The Bertz CT molecular complexity index is 792. The molecule has 2 N–H and O–H groups in total. The van der Waals surface area contributed by atoms with E-state index in [9.17, 15) is 0 Å². The van der Waals surface area contributed by atoms with Gasteiger partial charge in [0.05, 0.1) is 24.4 Å². The first-order chi connectivity index (χ1) is 10.1. The third-order valence-electron chi connectivity index (χ3n) is 3.80. The van der Waals surface area contributed by atoms with E-state index in [-0.39, 0.29) is 6.04 Å². The normalized spacial score (nSPS) is 12.6. The lowest BCUT2D eigenvalue weighted by atomic mass is 9.99. The largest absolute Gasteiger partial charge is 0.496 e. The van der Waals surface area contributed by atoms with Crippen LogP contribution in [0.5, 0.6) is 5.75 Å². The van der Waals surface area contributed by atoms with Crippen LogP contribution in [-0.2, 0) is 7.05 Å². The lowest BCUT2D eigenvalue weighted by Gasteiger charge is -2.15. The Hall–Kier alpha value is -2.33. The molecule has 1 unspecified atom stereocenters. The second-order valence-electron chi connectivity index (χ2n) is 5.25. The van der Waals surface area contributed by atoms with Crippen molar-refractivity contribution >= 4 is 10.9 Å². The monoisotopic (exact) mass is 281 g/mol. The van der Waals surface area contributed by atoms with Gasteiger partial charge in [0.1, 0.15) is 5.75 Å². The Morgan fingerprint density at radius 3 is 2.71 bits per heavy atom. The van der Waals surface area contributed by atoms with E-state index in [2.05, 4.69) is 17.2 Å². The molecule has 1 atom stereocenters. The highest BCUT2D eigenvalue weighted by Gasteiger charge is 2.20. The summed E-state index contributed by atoms with van der Waals surface area (Å²) in [6, 6.07) is 13.8. The fraction of sp³-hybridized carbons (Fsp3) is 0.235. The van der Waals surface area contributed by atoms with Gasteiger partial charge in [-0.05, 0) is 19.1 Å². The average Bonchev–Trinajstić information content (AvgIpc) is 2.84. The molecule has 0 saturated heterocycles. The molecular weight excluding hydrogens is 262 g/mol. The Morgan fingerprint density at radius 1 is 1.19 bits per heavy atom. The molecule has 0 aliphatic rings. The molecule has 0 aliphatic carbocycles. The van der Waals surface area contributed by atoms with Crippen molar-refractivity contribution in [1.29, 1.82) is 0 Å². The zero-order valence-corrected chi connectivity index (χ0v) is 12.5. The predicted molar refractivity (Wildman–Crippen MR) is 84.5 cm³/mol. The number of nitrogens with two attached hydrogens (primary N) is 1. The van der Waals surface area contributed by atoms with Crippen LogP contribution in [0.4, 0.5) is 0 Å². The Morgan fingerprint density at radius 2 is 1.95 bits per heavy atom. The van der Waals surface area contributed by atoms with E-state index >= 15 is 0 Å². The number of ether oxygens (including phenoxy) is 1. The van der Waals surface area contributed by atoms with Gasteiger partial charge in [0.25, 0.3) is 0 Å². The number of methoxy groups -OCH3 is 1. The van der Waals surface area contributed by atoms with E-state index in [0.29, 0.717) is 0 Å². The van der Waals surface area contributed by atoms with Gasteiger partial charge in [-0.15, -0.1) is 0 Å².